The number of hydrogen-bond acceptors (Lipinski definition) is 4. The Labute approximate surface area is 108 Å². The molecule has 5 heteroatoms. The highest BCUT2D eigenvalue weighted by molar-refractivity contribution is 9.10. The van der Waals surface area contributed by atoms with Crippen molar-refractivity contribution >= 4 is 27.6 Å². The van der Waals surface area contributed by atoms with Crippen molar-refractivity contribution in [2.45, 2.75) is 19.3 Å². The van der Waals surface area contributed by atoms with Gasteiger partial charge in [-0.1, -0.05) is 33.2 Å². The number of carbonyl (C=O) groups excluding carboxylic acids is 1. The second-order valence-corrected chi connectivity index (χ2v) is 4.40. The van der Waals surface area contributed by atoms with E-state index in [9.17, 15) is 4.79 Å². The molecule has 0 bridgehead atoms. The first-order chi connectivity index (χ1) is 8.17. The molecule has 1 aromatic rings. The topological polar surface area (TPSA) is 58.9 Å². The summed E-state index contributed by atoms with van der Waals surface area (Å²) in [5.41, 5.74) is 1.42. The first-order valence-corrected chi connectivity index (χ1v) is 6.00. The predicted molar refractivity (Wildman–Crippen MR) is 68.3 cm³/mol. The number of rotatable bonds is 5. The van der Waals surface area contributed by atoms with Crippen molar-refractivity contribution in [3.63, 3.8) is 0 Å². The second kappa shape index (κ2) is 7.06. The molecule has 4 nitrogen and oxygen atoms in total. The quantitative estimate of drug-likeness (QED) is 0.393. The summed E-state index contributed by atoms with van der Waals surface area (Å²) >= 11 is 3.33. The van der Waals surface area contributed by atoms with E-state index >= 15 is 0 Å². The number of hydrogen-bond donors (Lipinski definition) is 1. The van der Waals surface area contributed by atoms with Gasteiger partial charge in [-0.2, -0.15) is 0 Å². The third kappa shape index (κ3) is 4.56. The van der Waals surface area contributed by atoms with Gasteiger partial charge in [0.2, 0.25) is 0 Å². The molecule has 0 amide bonds. The van der Waals surface area contributed by atoms with Crippen molar-refractivity contribution in [1.29, 1.82) is 0 Å². The van der Waals surface area contributed by atoms with Gasteiger partial charge in [0, 0.05) is 10.9 Å². The molecule has 0 aromatic heterocycles. The smallest absolute Gasteiger partial charge is 0.305 e. The Hall–Kier alpha value is -1.36. The van der Waals surface area contributed by atoms with Gasteiger partial charge < -0.3 is 9.94 Å². The molecule has 0 aliphatic carbocycles. The zero-order valence-electron chi connectivity index (χ0n) is 9.52. The van der Waals surface area contributed by atoms with Crippen LogP contribution in [0.25, 0.3) is 0 Å². The summed E-state index contributed by atoms with van der Waals surface area (Å²) in [5.74, 6) is -0.252. The molecule has 17 heavy (non-hydrogen) atoms. The van der Waals surface area contributed by atoms with Crippen LogP contribution < -0.4 is 0 Å². The van der Waals surface area contributed by atoms with Crippen LogP contribution in [-0.2, 0) is 9.53 Å². The summed E-state index contributed by atoms with van der Waals surface area (Å²) < 4.78 is 5.51. The highest BCUT2D eigenvalue weighted by atomic mass is 79.9. The first kappa shape index (κ1) is 13.7. The second-order valence-electron chi connectivity index (χ2n) is 3.48. The monoisotopic (exact) mass is 299 g/mol. The summed E-state index contributed by atoms with van der Waals surface area (Å²) in [6, 6.07) is 7.47. The zero-order valence-corrected chi connectivity index (χ0v) is 11.1. The molecule has 0 spiro atoms. The van der Waals surface area contributed by atoms with E-state index in [0.717, 1.165) is 10.0 Å². The van der Waals surface area contributed by atoms with Crippen molar-refractivity contribution in [3.8, 4) is 0 Å². The highest BCUT2D eigenvalue weighted by Crippen LogP contribution is 2.13. The molecule has 0 radical (unpaired) electrons. The predicted octanol–water partition coefficient (Wildman–Crippen LogP) is 2.97. The van der Waals surface area contributed by atoms with E-state index in [1.165, 1.54) is 7.11 Å². The lowest BCUT2D eigenvalue weighted by atomic mass is 10.0. The van der Waals surface area contributed by atoms with Crippen LogP contribution in [-0.4, -0.2) is 24.0 Å². The molecule has 0 saturated carbocycles. The molecule has 0 unspecified atom stereocenters. The lowest BCUT2D eigenvalue weighted by Crippen LogP contribution is -2.04. The van der Waals surface area contributed by atoms with E-state index in [2.05, 4.69) is 25.8 Å². The van der Waals surface area contributed by atoms with Crippen LogP contribution in [0, 0.1) is 0 Å². The molecule has 0 fully saturated rings. The molecule has 1 aromatic carbocycles. The van der Waals surface area contributed by atoms with Crippen molar-refractivity contribution in [3.05, 3.63) is 34.3 Å². The van der Waals surface area contributed by atoms with E-state index in [0.29, 0.717) is 25.0 Å². The summed E-state index contributed by atoms with van der Waals surface area (Å²) in [7, 11) is 1.36. The van der Waals surface area contributed by atoms with Crippen molar-refractivity contribution in [2.24, 2.45) is 5.16 Å². The average molecular weight is 300 g/mol. The van der Waals surface area contributed by atoms with Gasteiger partial charge in [0.15, 0.2) is 0 Å². The fourth-order valence-corrected chi connectivity index (χ4v) is 1.66. The van der Waals surface area contributed by atoms with Crippen molar-refractivity contribution in [2.75, 3.05) is 7.11 Å². The number of carbonyl (C=O) groups is 1. The van der Waals surface area contributed by atoms with Gasteiger partial charge in [-0.25, -0.2) is 0 Å². The maximum Gasteiger partial charge on any atom is 0.305 e. The summed E-state index contributed by atoms with van der Waals surface area (Å²) in [6.45, 7) is 0. The van der Waals surface area contributed by atoms with Crippen LogP contribution in [0.4, 0.5) is 0 Å². The average Bonchev–Trinajstić information content (AvgIpc) is 2.35. The molecule has 0 saturated heterocycles. The largest absolute Gasteiger partial charge is 0.469 e. The fourth-order valence-electron chi connectivity index (χ4n) is 1.40. The third-order valence-electron chi connectivity index (χ3n) is 2.32. The molecule has 0 atom stereocenters. The third-order valence-corrected chi connectivity index (χ3v) is 2.85. The van der Waals surface area contributed by atoms with E-state index in [-0.39, 0.29) is 5.97 Å². The van der Waals surface area contributed by atoms with E-state index in [1.54, 1.807) is 0 Å². The Morgan fingerprint density at radius 2 is 2.00 bits per heavy atom. The number of benzene rings is 1. The molecule has 0 heterocycles. The Kier molecular flexibility index (Phi) is 5.69. The van der Waals surface area contributed by atoms with E-state index in [1.807, 2.05) is 24.3 Å². The minimum atomic E-state index is -0.252. The standard InChI is InChI=1S/C12H14BrNO3/c1-17-12(15)4-2-3-11(14-16)9-5-7-10(13)8-6-9/h5-8,16H,2-4H2,1H3/b14-11-. The van der Waals surface area contributed by atoms with Crippen LogP contribution in [0.5, 0.6) is 0 Å². The van der Waals surface area contributed by atoms with Gasteiger partial charge in [-0.05, 0) is 30.5 Å². The summed E-state index contributed by atoms with van der Waals surface area (Å²) in [6.07, 6.45) is 1.46. The van der Waals surface area contributed by atoms with Crippen molar-refractivity contribution in [1.82, 2.24) is 0 Å². The van der Waals surface area contributed by atoms with Crippen LogP contribution in [0.1, 0.15) is 24.8 Å². The molecule has 0 aliphatic rings. The number of ether oxygens (including phenoxy) is 1. The Bertz CT molecular complexity index is 401. The SMILES string of the molecule is COC(=O)CCC/C(=N/O)c1ccc(Br)cc1. The number of oxime groups is 1. The van der Waals surface area contributed by atoms with Gasteiger partial charge >= 0.3 is 5.97 Å². The number of methoxy groups -OCH3 is 1. The van der Waals surface area contributed by atoms with Gasteiger partial charge in [0.25, 0.3) is 0 Å². The Balaban J connectivity index is 2.55. The summed E-state index contributed by atoms with van der Waals surface area (Å²) in [5, 5.41) is 12.2. The number of halogens is 1. The zero-order chi connectivity index (χ0) is 12.7. The van der Waals surface area contributed by atoms with Crippen LogP contribution in [0.3, 0.4) is 0 Å². The van der Waals surface area contributed by atoms with Crippen molar-refractivity contribution < 1.29 is 14.7 Å². The summed E-state index contributed by atoms with van der Waals surface area (Å²) in [4.78, 5) is 10.9. The highest BCUT2D eigenvalue weighted by Gasteiger charge is 2.06. The molecular formula is C12H14BrNO3. The Morgan fingerprint density at radius 1 is 1.35 bits per heavy atom. The van der Waals surface area contributed by atoms with Crippen LogP contribution in [0.2, 0.25) is 0 Å². The molecular weight excluding hydrogens is 286 g/mol. The number of esters is 1. The van der Waals surface area contributed by atoms with E-state index < -0.39 is 0 Å². The Morgan fingerprint density at radius 3 is 2.53 bits per heavy atom. The first-order valence-electron chi connectivity index (χ1n) is 5.21. The molecule has 1 N–H and O–H groups in total. The van der Waals surface area contributed by atoms with Gasteiger partial charge in [-0.3, -0.25) is 4.79 Å². The minimum Gasteiger partial charge on any atom is -0.469 e. The lowest BCUT2D eigenvalue weighted by Gasteiger charge is -2.04. The maximum absolute atomic E-state index is 10.9. The molecule has 92 valence electrons. The van der Waals surface area contributed by atoms with Gasteiger partial charge in [0.1, 0.15) is 0 Å². The molecule has 0 aliphatic heterocycles. The van der Waals surface area contributed by atoms with Crippen LogP contribution >= 0.6 is 15.9 Å². The van der Waals surface area contributed by atoms with Gasteiger partial charge in [0.05, 0.1) is 12.8 Å². The lowest BCUT2D eigenvalue weighted by molar-refractivity contribution is -0.140. The minimum absolute atomic E-state index is 0.252. The maximum atomic E-state index is 10.9. The van der Waals surface area contributed by atoms with E-state index in [4.69, 9.17) is 5.21 Å². The number of nitrogens with zero attached hydrogens (tertiary/aromatic N) is 1. The van der Waals surface area contributed by atoms with Gasteiger partial charge in [-0.15, -0.1) is 0 Å². The fraction of sp³-hybridized carbons (Fsp3) is 0.333. The normalized spacial score (nSPS) is 11.3. The molecule has 1 rings (SSSR count). The van der Waals surface area contributed by atoms with Crippen LogP contribution in [0.15, 0.2) is 33.9 Å².